The molecular formula is C30H50N2O6S. The van der Waals surface area contributed by atoms with Crippen LogP contribution >= 0.6 is 0 Å². The predicted molar refractivity (Wildman–Crippen MR) is 151 cm³/mol. The Balaban J connectivity index is 1.18. The Labute approximate surface area is 235 Å². The second-order valence-corrected chi connectivity index (χ2v) is 15.1. The van der Waals surface area contributed by atoms with Gasteiger partial charge in [0.25, 0.3) is 0 Å². The van der Waals surface area contributed by atoms with Crippen LogP contribution in [0.15, 0.2) is 0 Å². The Hall–Kier alpha value is -1.64. The average molecular weight is 567 g/mol. The maximum Gasteiger partial charge on any atom is 0.325 e. The molecule has 2 amide bonds. The van der Waals surface area contributed by atoms with Crippen LogP contribution in [-0.2, 0) is 29.0 Å². The van der Waals surface area contributed by atoms with Crippen LogP contribution < -0.4 is 5.32 Å². The maximum absolute atomic E-state index is 13.5. The lowest BCUT2D eigenvalue weighted by molar-refractivity contribution is -0.151. The van der Waals surface area contributed by atoms with Gasteiger partial charge >= 0.3 is 5.97 Å². The van der Waals surface area contributed by atoms with Crippen molar-refractivity contribution in [3.05, 3.63) is 0 Å². The molecule has 1 N–H and O–H groups in total. The molecule has 8 nitrogen and oxygen atoms in total. The number of ether oxygens (including phenoxy) is 1. The summed E-state index contributed by atoms with van der Waals surface area (Å²) in [6.45, 7) is 2.77. The number of nitrogens with zero attached hydrogens (tertiary/aromatic N) is 1. The van der Waals surface area contributed by atoms with Crippen LogP contribution in [0.5, 0.6) is 0 Å². The molecule has 0 aromatic rings. The highest BCUT2D eigenvalue weighted by molar-refractivity contribution is 7.92. The van der Waals surface area contributed by atoms with Crippen molar-refractivity contribution in [3.8, 4) is 0 Å². The number of esters is 1. The van der Waals surface area contributed by atoms with Crippen molar-refractivity contribution in [2.45, 2.75) is 121 Å². The smallest absolute Gasteiger partial charge is 0.325 e. The van der Waals surface area contributed by atoms with Gasteiger partial charge in [0, 0.05) is 24.9 Å². The number of hydrogen-bond donors (Lipinski definition) is 1. The maximum atomic E-state index is 13.5. The highest BCUT2D eigenvalue weighted by atomic mass is 32.2. The Morgan fingerprint density at radius 2 is 1.44 bits per heavy atom. The van der Waals surface area contributed by atoms with Gasteiger partial charge in [0.15, 0.2) is 9.84 Å². The second-order valence-electron chi connectivity index (χ2n) is 12.8. The SMILES string of the molecule is CCOC(=O)CN(CC1CCCCC1)C(=O)C1CCC(NC(=O)CC2CCC(S(=O)(=O)CC3CC3)CC2)CC1. The van der Waals surface area contributed by atoms with Gasteiger partial charge in [0.05, 0.1) is 17.6 Å². The molecule has 4 rings (SSSR count). The van der Waals surface area contributed by atoms with Crippen molar-refractivity contribution in [2.75, 3.05) is 25.4 Å². The van der Waals surface area contributed by atoms with Gasteiger partial charge in [-0.2, -0.15) is 0 Å². The zero-order valence-electron chi connectivity index (χ0n) is 23.9. The van der Waals surface area contributed by atoms with E-state index < -0.39 is 9.84 Å². The predicted octanol–water partition coefficient (Wildman–Crippen LogP) is 4.41. The fraction of sp³-hybridized carbons (Fsp3) is 0.900. The summed E-state index contributed by atoms with van der Waals surface area (Å²) in [6.07, 6.45) is 14.4. The first kappa shape index (κ1) is 30.3. The second kappa shape index (κ2) is 14.3. The van der Waals surface area contributed by atoms with Crippen LogP contribution in [0, 0.1) is 23.7 Å². The number of nitrogens with one attached hydrogen (secondary N) is 1. The first-order valence-corrected chi connectivity index (χ1v) is 17.4. The van der Waals surface area contributed by atoms with Gasteiger partial charge in [-0.25, -0.2) is 8.42 Å². The van der Waals surface area contributed by atoms with E-state index >= 15 is 0 Å². The minimum atomic E-state index is -2.99. The number of carbonyl (C=O) groups excluding carboxylic acids is 3. The Morgan fingerprint density at radius 1 is 0.795 bits per heavy atom. The molecule has 222 valence electrons. The largest absolute Gasteiger partial charge is 0.465 e. The van der Waals surface area contributed by atoms with Crippen molar-refractivity contribution in [2.24, 2.45) is 23.7 Å². The molecule has 39 heavy (non-hydrogen) atoms. The molecule has 0 aromatic carbocycles. The van der Waals surface area contributed by atoms with Gasteiger partial charge in [-0.3, -0.25) is 14.4 Å². The van der Waals surface area contributed by atoms with Crippen molar-refractivity contribution < 1.29 is 27.5 Å². The molecule has 0 bridgehead atoms. The van der Waals surface area contributed by atoms with E-state index in [4.69, 9.17) is 4.74 Å². The van der Waals surface area contributed by atoms with Gasteiger partial charge < -0.3 is 15.0 Å². The summed E-state index contributed by atoms with van der Waals surface area (Å²) in [5.41, 5.74) is 0. The minimum Gasteiger partial charge on any atom is -0.465 e. The van der Waals surface area contributed by atoms with Gasteiger partial charge in [0.2, 0.25) is 11.8 Å². The molecule has 0 heterocycles. The van der Waals surface area contributed by atoms with Crippen LogP contribution in [0.2, 0.25) is 0 Å². The topological polar surface area (TPSA) is 110 Å². The molecule has 0 unspecified atom stereocenters. The van der Waals surface area contributed by atoms with E-state index in [9.17, 15) is 22.8 Å². The number of sulfone groups is 1. The fourth-order valence-corrected chi connectivity index (χ4v) is 9.27. The number of carbonyl (C=O) groups is 3. The number of hydrogen-bond acceptors (Lipinski definition) is 6. The molecule has 4 aliphatic carbocycles. The molecule has 9 heteroatoms. The van der Waals surface area contributed by atoms with E-state index in [-0.39, 0.29) is 47.5 Å². The van der Waals surface area contributed by atoms with Crippen LogP contribution in [0.3, 0.4) is 0 Å². The van der Waals surface area contributed by atoms with Gasteiger partial charge in [0.1, 0.15) is 6.54 Å². The minimum absolute atomic E-state index is 0.0317. The Morgan fingerprint density at radius 3 is 2.05 bits per heavy atom. The molecule has 4 saturated carbocycles. The summed E-state index contributed by atoms with van der Waals surface area (Å²) in [5.74, 6) is 1.13. The third kappa shape index (κ3) is 9.46. The molecule has 0 radical (unpaired) electrons. The summed E-state index contributed by atoms with van der Waals surface area (Å²) in [4.78, 5) is 40.2. The third-order valence-electron chi connectivity index (χ3n) is 9.52. The zero-order valence-corrected chi connectivity index (χ0v) is 24.7. The molecule has 4 fully saturated rings. The summed E-state index contributed by atoms with van der Waals surface area (Å²) in [5, 5.41) is 2.97. The first-order valence-electron chi connectivity index (χ1n) is 15.7. The summed E-state index contributed by atoms with van der Waals surface area (Å²) >= 11 is 0. The Bertz CT molecular complexity index is 927. The van der Waals surface area contributed by atoms with Crippen LogP contribution in [0.4, 0.5) is 0 Å². The van der Waals surface area contributed by atoms with E-state index in [0.29, 0.717) is 50.0 Å². The molecule has 0 spiro atoms. The molecule has 4 aliphatic rings. The zero-order chi connectivity index (χ0) is 27.8. The highest BCUT2D eigenvalue weighted by Crippen LogP contribution is 2.36. The molecule has 0 atom stereocenters. The van der Waals surface area contributed by atoms with E-state index in [1.807, 2.05) is 0 Å². The number of amides is 2. The van der Waals surface area contributed by atoms with E-state index in [0.717, 1.165) is 64.2 Å². The average Bonchev–Trinajstić information content (AvgIpc) is 3.73. The lowest BCUT2D eigenvalue weighted by Gasteiger charge is -2.35. The van der Waals surface area contributed by atoms with Crippen LogP contribution in [0.1, 0.15) is 110 Å². The van der Waals surface area contributed by atoms with Gasteiger partial charge in [-0.1, -0.05) is 19.3 Å². The van der Waals surface area contributed by atoms with Crippen molar-refractivity contribution in [1.29, 1.82) is 0 Å². The van der Waals surface area contributed by atoms with E-state index in [1.165, 1.54) is 19.3 Å². The molecule has 0 saturated heterocycles. The van der Waals surface area contributed by atoms with Gasteiger partial charge in [-0.05, 0) is 102 Å². The lowest BCUT2D eigenvalue weighted by Crippen LogP contribution is -2.46. The molecular weight excluding hydrogens is 516 g/mol. The fourth-order valence-electron chi connectivity index (χ4n) is 7.01. The normalized spacial score (nSPS) is 28.4. The van der Waals surface area contributed by atoms with Crippen molar-refractivity contribution in [1.82, 2.24) is 10.2 Å². The molecule has 0 aliphatic heterocycles. The van der Waals surface area contributed by atoms with E-state index in [2.05, 4.69) is 5.32 Å². The summed E-state index contributed by atoms with van der Waals surface area (Å²) < 4.78 is 30.3. The first-order chi connectivity index (χ1) is 18.7. The standard InChI is InChI=1S/C30H50N2O6S/c1-2-38-29(34)20-32(19-23-6-4-3-5-7-23)30(35)25-12-14-26(15-13-25)31-28(33)18-22-10-16-27(17-11-22)39(36,37)21-24-8-9-24/h22-27H,2-21H2,1H3,(H,31,33). The van der Waals surface area contributed by atoms with Crippen molar-refractivity contribution in [3.63, 3.8) is 0 Å². The summed E-state index contributed by atoms with van der Waals surface area (Å²) in [7, 11) is -2.99. The summed E-state index contributed by atoms with van der Waals surface area (Å²) in [6, 6.07) is 0.0775. The third-order valence-corrected chi connectivity index (χ3v) is 11.9. The quantitative estimate of drug-likeness (QED) is 0.351. The lowest BCUT2D eigenvalue weighted by atomic mass is 9.83. The Kier molecular flexibility index (Phi) is 11.1. The monoisotopic (exact) mass is 566 g/mol. The van der Waals surface area contributed by atoms with Crippen LogP contribution in [-0.4, -0.2) is 67.8 Å². The van der Waals surface area contributed by atoms with Crippen molar-refractivity contribution >= 4 is 27.6 Å². The van der Waals surface area contributed by atoms with Crippen LogP contribution in [0.25, 0.3) is 0 Å². The van der Waals surface area contributed by atoms with Gasteiger partial charge in [-0.15, -0.1) is 0 Å². The highest BCUT2D eigenvalue weighted by Gasteiger charge is 2.37. The number of rotatable bonds is 12. The molecule has 0 aromatic heterocycles. The van der Waals surface area contributed by atoms with E-state index in [1.54, 1.807) is 11.8 Å².